The van der Waals surface area contributed by atoms with Gasteiger partial charge in [-0.3, -0.25) is 0 Å². The molecule has 1 N–H and O–H groups in total. The Kier molecular flexibility index (Phi) is 2.21. The van der Waals surface area contributed by atoms with Crippen LogP contribution >= 0.6 is 11.6 Å². The zero-order chi connectivity index (χ0) is 11.1. The number of aromatic amines is 1. The monoisotopic (exact) mass is 236 g/mol. The van der Waals surface area contributed by atoms with Gasteiger partial charge in [0.15, 0.2) is 0 Å². The molecule has 1 aromatic heterocycles. The smallest absolute Gasteiger partial charge is 0.142 e. The molecule has 0 saturated heterocycles. The van der Waals surface area contributed by atoms with Crippen LogP contribution in [-0.2, 0) is 0 Å². The molecular weight excluding hydrogens is 227 g/mol. The third kappa shape index (κ3) is 1.71. The molecular formula is C12H10ClFN2. The van der Waals surface area contributed by atoms with Crippen molar-refractivity contribution in [3.05, 3.63) is 40.9 Å². The summed E-state index contributed by atoms with van der Waals surface area (Å²) in [5.74, 6) is 0.916. The summed E-state index contributed by atoms with van der Waals surface area (Å²) in [5.41, 5.74) is 1.87. The van der Waals surface area contributed by atoms with Crippen molar-refractivity contribution < 1.29 is 4.39 Å². The Morgan fingerprint density at radius 1 is 1.38 bits per heavy atom. The van der Waals surface area contributed by atoms with E-state index < -0.39 is 5.82 Å². The zero-order valence-electron chi connectivity index (χ0n) is 8.50. The third-order valence-corrected chi connectivity index (χ3v) is 3.11. The minimum absolute atomic E-state index is 0.137. The van der Waals surface area contributed by atoms with Gasteiger partial charge in [0.25, 0.3) is 0 Å². The van der Waals surface area contributed by atoms with E-state index in [1.165, 1.54) is 18.9 Å². The molecule has 1 heterocycles. The van der Waals surface area contributed by atoms with Crippen LogP contribution in [-0.4, -0.2) is 9.97 Å². The lowest BCUT2D eigenvalue weighted by Crippen LogP contribution is -1.84. The van der Waals surface area contributed by atoms with Crippen LogP contribution in [0.4, 0.5) is 4.39 Å². The molecule has 1 saturated carbocycles. The highest BCUT2D eigenvalue weighted by Crippen LogP contribution is 2.39. The number of nitrogens with one attached hydrogen (secondary N) is 1. The molecule has 0 unspecified atom stereocenters. The van der Waals surface area contributed by atoms with Gasteiger partial charge in [-0.05, 0) is 31.0 Å². The van der Waals surface area contributed by atoms with Gasteiger partial charge >= 0.3 is 0 Å². The number of hydrogen-bond acceptors (Lipinski definition) is 1. The summed E-state index contributed by atoms with van der Waals surface area (Å²) in [6.45, 7) is 0. The van der Waals surface area contributed by atoms with Crippen LogP contribution in [0.2, 0.25) is 5.02 Å². The van der Waals surface area contributed by atoms with E-state index in [1.54, 1.807) is 12.1 Å². The van der Waals surface area contributed by atoms with Gasteiger partial charge in [-0.15, -0.1) is 0 Å². The number of H-pyrrole nitrogens is 1. The minimum atomic E-state index is -0.413. The first-order valence-electron chi connectivity index (χ1n) is 5.24. The summed E-state index contributed by atoms with van der Waals surface area (Å²) >= 11 is 5.63. The van der Waals surface area contributed by atoms with Gasteiger partial charge in [0, 0.05) is 23.4 Å². The van der Waals surface area contributed by atoms with Crippen molar-refractivity contribution in [2.75, 3.05) is 0 Å². The van der Waals surface area contributed by atoms with E-state index in [0.717, 1.165) is 11.3 Å². The van der Waals surface area contributed by atoms with E-state index in [0.29, 0.717) is 11.7 Å². The topological polar surface area (TPSA) is 28.7 Å². The average Bonchev–Trinajstić information content (AvgIpc) is 3.01. The predicted molar refractivity (Wildman–Crippen MR) is 61.0 cm³/mol. The Bertz CT molecular complexity index is 532. The maximum absolute atomic E-state index is 13.3. The molecule has 0 atom stereocenters. The number of imidazole rings is 1. The fourth-order valence-electron chi connectivity index (χ4n) is 1.73. The Morgan fingerprint density at radius 2 is 2.19 bits per heavy atom. The van der Waals surface area contributed by atoms with Gasteiger partial charge < -0.3 is 4.98 Å². The molecule has 4 heteroatoms. The molecule has 0 aliphatic heterocycles. The molecule has 16 heavy (non-hydrogen) atoms. The SMILES string of the molecule is Fc1cc(-c2ncc(C3CC3)[nH]2)ccc1Cl. The quantitative estimate of drug-likeness (QED) is 0.845. The molecule has 3 rings (SSSR count). The Labute approximate surface area is 97.5 Å². The predicted octanol–water partition coefficient (Wildman–Crippen LogP) is 3.75. The first-order valence-corrected chi connectivity index (χ1v) is 5.62. The van der Waals surface area contributed by atoms with Crippen molar-refractivity contribution >= 4 is 11.6 Å². The standard InChI is InChI=1S/C12H10ClFN2/c13-9-4-3-8(5-10(9)14)12-15-6-11(16-12)7-1-2-7/h3-7H,1-2H2,(H,15,16). The molecule has 2 aromatic rings. The van der Waals surface area contributed by atoms with E-state index in [2.05, 4.69) is 9.97 Å². The van der Waals surface area contributed by atoms with Crippen LogP contribution in [0.1, 0.15) is 24.5 Å². The van der Waals surface area contributed by atoms with Gasteiger partial charge in [-0.2, -0.15) is 0 Å². The van der Waals surface area contributed by atoms with Gasteiger partial charge in [-0.25, -0.2) is 9.37 Å². The molecule has 0 bridgehead atoms. The summed E-state index contributed by atoms with van der Waals surface area (Å²) in [4.78, 5) is 7.47. The van der Waals surface area contributed by atoms with E-state index in [9.17, 15) is 4.39 Å². The largest absolute Gasteiger partial charge is 0.342 e. The molecule has 0 amide bonds. The highest BCUT2D eigenvalue weighted by atomic mass is 35.5. The maximum atomic E-state index is 13.3. The van der Waals surface area contributed by atoms with Crippen molar-refractivity contribution in [2.24, 2.45) is 0 Å². The summed E-state index contributed by atoms with van der Waals surface area (Å²) in [6.07, 6.45) is 4.27. The van der Waals surface area contributed by atoms with Crippen LogP contribution in [0.15, 0.2) is 24.4 Å². The first kappa shape index (κ1) is 9.85. The fraction of sp³-hybridized carbons (Fsp3) is 0.250. The summed E-state index contributed by atoms with van der Waals surface area (Å²) in [6, 6.07) is 4.71. The Hall–Kier alpha value is -1.35. The normalized spacial score (nSPS) is 15.4. The molecule has 1 aliphatic rings. The highest BCUT2D eigenvalue weighted by Gasteiger charge is 2.25. The second-order valence-electron chi connectivity index (χ2n) is 4.09. The van der Waals surface area contributed by atoms with Crippen molar-refractivity contribution in [3.8, 4) is 11.4 Å². The molecule has 0 radical (unpaired) electrons. The van der Waals surface area contributed by atoms with Crippen LogP contribution in [0, 0.1) is 5.82 Å². The average molecular weight is 237 g/mol. The highest BCUT2D eigenvalue weighted by molar-refractivity contribution is 6.30. The second kappa shape index (κ2) is 3.59. The Morgan fingerprint density at radius 3 is 2.88 bits per heavy atom. The van der Waals surface area contributed by atoms with Gasteiger partial charge in [0.2, 0.25) is 0 Å². The third-order valence-electron chi connectivity index (χ3n) is 2.81. The number of aromatic nitrogens is 2. The lowest BCUT2D eigenvalue weighted by Gasteiger charge is -1.98. The van der Waals surface area contributed by atoms with Crippen molar-refractivity contribution in [3.63, 3.8) is 0 Å². The van der Waals surface area contributed by atoms with E-state index in [4.69, 9.17) is 11.6 Å². The number of nitrogens with zero attached hydrogens (tertiary/aromatic N) is 1. The molecule has 2 nitrogen and oxygen atoms in total. The summed E-state index contributed by atoms with van der Waals surface area (Å²) < 4.78 is 13.3. The van der Waals surface area contributed by atoms with E-state index >= 15 is 0 Å². The van der Waals surface area contributed by atoms with Gasteiger partial charge in [0.05, 0.1) is 5.02 Å². The fourth-order valence-corrected chi connectivity index (χ4v) is 1.84. The van der Waals surface area contributed by atoms with Crippen molar-refractivity contribution in [2.45, 2.75) is 18.8 Å². The van der Waals surface area contributed by atoms with Crippen molar-refractivity contribution in [1.82, 2.24) is 9.97 Å². The molecule has 1 fully saturated rings. The number of rotatable bonds is 2. The van der Waals surface area contributed by atoms with Gasteiger partial charge in [-0.1, -0.05) is 11.6 Å². The van der Waals surface area contributed by atoms with E-state index in [1.807, 2.05) is 6.20 Å². The van der Waals surface area contributed by atoms with Gasteiger partial charge in [0.1, 0.15) is 11.6 Å². The Balaban J connectivity index is 1.97. The first-order chi connectivity index (χ1) is 7.74. The molecule has 0 spiro atoms. The number of halogens is 2. The number of benzene rings is 1. The lowest BCUT2D eigenvalue weighted by atomic mass is 10.2. The number of hydrogen-bond donors (Lipinski definition) is 1. The van der Waals surface area contributed by atoms with Crippen molar-refractivity contribution in [1.29, 1.82) is 0 Å². The second-order valence-corrected chi connectivity index (χ2v) is 4.50. The summed E-state index contributed by atoms with van der Waals surface area (Å²) in [7, 11) is 0. The lowest BCUT2D eigenvalue weighted by molar-refractivity contribution is 0.628. The zero-order valence-corrected chi connectivity index (χ0v) is 9.26. The molecule has 82 valence electrons. The maximum Gasteiger partial charge on any atom is 0.142 e. The summed E-state index contributed by atoms with van der Waals surface area (Å²) in [5, 5.41) is 0.137. The van der Waals surface area contributed by atoms with E-state index in [-0.39, 0.29) is 5.02 Å². The van der Waals surface area contributed by atoms with Crippen LogP contribution in [0.3, 0.4) is 0 Å². The molecule has 1 aromatic carbocycles. The van der Waals surface area contributed by atoms with Crippen LogP contribution < -0.4 is 0 Å². The van der Waals surface area contributed by atoms with Crippen LogP contribution in [0.25, 0.3) is 11.4 Å². The van der Waals surface area contributed by atoms with Crippen LogP contribution in [0.5, 0.6) is 0 Å². The molecule has 1 aliphatic carbocycles. The minimum Gasteiger partial charge on any atom is -0.342 e.